The third-order valence-corrected chi connectivity index (χ3v) is 5.29. The van der Waals surface area contributed by atoms with E-state index in [1.165, 1.54) is 6.92 Å². The molecular weight excluding hydrogens is 248 g/mol. The van der Waals surface area contributed by atoms with Crippen LogP contribution in [0.4, 0.5) is 0 Å². The fraction of sp³-hybridized carbons (Fsp3) is 0.455. The van der Waals surface area contributed by atoms with Gasteiger partial charge in [-0.1, -0.05) is 41.4 Å². The summed E-state index contributed by atoms with van der Waals surface area (Å²) in [5.41, 5.74) is 1.44. The lowest BCUT2D eigenvalue weighted by atomic mass is 10.0. The van der Waals surface area contributed by atoms with Crippen molar-refractivity contribution in [1.82, 2.24) is 0 Å². The maximum Gasteiger partial charge on any atom is 0.172 e. The zero-order valence-corrected chi connectivity index (χ0v) is 11.0. The second kappa shape index (κ2) is 4.35. The highest BCUT2D eigenvalue weighted by Crippen LogP contribution is 2.36. The predicted molar refractivity (Wildman–Crippen MR) is 65.2 cm³/mol. The molecule has 0 amide bonds. The number of aliphatic hydroxyl groups is 1. The van der Waals surface area contributed by atoms with Gasteiger partial charge in [0.25, 0.3) is 0 Å². The van der Waals surface area contributed by atoms with E-state index in [9.17, 15) is 13.5 Å². The zero-order chi connectivity index (χ0) is 12.6. The van der Waals surface area contributed by atoms with E-state index in [-0.39, 0.29) is 0 Å². The molecule has 90 valence electrons. The molecule has 16 heavy (non-hydrogen) atoms. The van der Waals surface area contributed by atoms with Gasteiger partial charge in [0.15, 0.2) is 14.0 Å². The average molecular weight is 263 g/mol. The van der Waals surface area contributed by atoms with Gasteiger partial charge in [-0.25, -0.2) is 8.42 Å². The van der Waals surface area contributed by atoms with Crippen molar-refractivity contribution in [2.45, 2.75) is 24.2 Å². The third-order valence-electron chi connectivity index (χ3n) is 2.57. The maximum atomic E-state index is 11.5. The lowest BCUT2D eigenvalue weighted by molar-refractivity contribution is 0.163. The van der Waals surface area contributed by atoms with Crippen LogP contribution in [0.15, 0.2) is 24.3 Å². The number of alkyl halides is 1. The first-order valence-electron chi connectivity index (χ1n) is 4.79. The van der Waals surface area contributed by atoms with Gasteiger partial charge in [0.05, 0.1) is 0 Å². The molecular formula is C11H15ClO3S. The van der Waals surface area contributed by atoms with Crippen LogP contribution in [0.3, 0.4) is 0 Å². The number of aryl methyl sites for hydroxylation is 1. The molecule has 1 aromatic rings. The Labute approximate surface area is 101 Å². The van der Waals surface area contributed by atoms with Crippen molar-refractivity contribution in [3.05, 3.63) is 35.4 Å². The number of benzene rings is 1. The summed E-state index contributed by atoms with van der Waals surface area (Å²) in [5.74, 6) is 0. The fourth-order valence-corrected chi connectivity index (χ4v) is 2.01. The highest BCUT2D eigenvalue weighted by molar-refractivity contribution is 7.93. The van der Waals surface area contributed by atoms with Crippen LogP contribution in [0.25, 0.3) is 0 Å². The lowest BCUT2D eigenvalue weighted by Gasteiger charge is -2.26. The summed E-state index contributed by atoms with van der Waals surface area (Å²) < 4.78 is 21.2. The molecule has 5 heteroatoms. The molecule has 0 saturated carbocycles. The van der Waals surface area contributed by atoms with E-state index in [0.717, 1.165) is 11.8 Å². The topological polar surface area (TPSA) is 54.4 Å². The molecule has 0 spiro atoms. The van der Waals surface area contributed by atoms with Crippen molar-refractivity contribution in [2.75, 3.05) is 6.26 Å². The summed E-state index contributed by atoms with van der Waals surface area (Å²) in [7, 11) is -3.55. The van der Waals surface area contributed by atoms with Gasteiger partial charge < -0.3 is 5.11 Å². The SMILES string of the molecule is Cc1cccc([C@H](O)[C@@](C)(Cl)S(C)(=O)=O)c1. The van der Waals surface area contributed by atoms with Crippen molar-refractivity contribution in [3.63, 3.8) is 0 Å². The Bertz CT molecular complexity index is 480. The van der Waals surface area contributed by atoms with Crippen molar-refractivity contribution < 1.29 is 13.5 Å². The van der Waals surface area contributed by atoms with Gasteiger partial charge in [-0.3, -0.25) is 0 Å². The van der Waals surface area contributed by atoms with Crippen LogP contribution in [0.1, 0.15) is 24.2 Å². The predicted octanol–water partition coefficient (Wildman–Crippen LogP) is 2.03. The minimum Gasteiger partial charge on any atom is -0.385 e. The molecule has 1 N–H and O–H groups in total. The van der Waals surface area contributed by atoms with Gasteiger partial charge in [0.2, 0.25) is 0 Å². The number of sulfone groups is 1. The Morgan fingerprint density at radius 3 is 2.44 bits per heavy atom. The Morgan fingerprint density at radius 2 is 2.00 bits per heavy atom. The lowest BCUT2D eigenvalue weighted by Crippen LogP contribution is -2.35. The summed E-state index contributed by atoms with van der Waals surface area (Å²) in [6.07, 6.45) is -0.233. The Hall–Kier alpha value is -0.580. The summed E-state index contributed by atoms with van der Waals surface area (Å²) >= 11 is 5.91. The molecule has 3 nitrogen and oxygen atoms in total. The molecule has 0 fully saturated rings. The number of aliphatic hydroxyl groups excluding tert-OH is 1. The summed E-state index contributed by atoms with van der Waals surface area (Å²) in [6, 6.07) is 6.99. The highest BCUT2D eigenvalue weighted by atomic mass is 35.5. The molecule has 0 aliphatic carbocycles. The molecule has 1 rings (SSSR count). The van der Waals surface area contributed by atoms with E-state index in [1.807, 2.05) is 13.0 Å². The molecule has 0 saturated heterocycles. The Kier molecular flexibility index (Phi) is 3.67. The van der Waals surface area contributed by atoms with Gasteiger partial charge in [-0.2, -0.15) is 0 Å². The van der Waals surface area contributed by atoms with Crippen molar-refractivity contribution in [1.29, 1.82) is 0 Å². The van der Waals surface area contributed by atoms with Gasteiger partial charge in [-0.05, 0) is 19.4 Å². The number of hydrogen-bond acceptors (Lipinski definition) is 3. The first-order chi connectivity index (χ1) is 7.16. The maximum absolute atomic E-state index is 11.5. The first-order valence-corrected chi connectivity index (χ1v) is 7.06. The molecule has 0 aromatic heterocycles. The van der Waals surface area contributed by atoms with Crippen molar-refractivity contribution in [3.8, 4) is 0 Å². The van der Waals surface area contributed by atoms with Crippen LogP contribution in [-0.2, 0) is 9.84 Å². The molecule has 1 aromatic carbocycles. The summed E-state index contributed by atoms with van der Waals surface area (Å²) in [4.78, 5) is 0. The van der Waals surface area contributed by atoms with Gasteiger partial charge in [-0.15, -0.1) is 0 Å². The summed E-state index contributed by atoms with van der Waals surface area (Å²) in [6.45, 7) is 3.17. The van der Waals surface area contributed by atoms with Gasteiger partial charge >= 0.3 is 0 Å². The number of rotatable bonds is 3. The zero-order valence-electron chi connectivity index (χ0n) is 9.44. The molecule has 0 aliphatic heterocycles. The number of halogens is 1. The minimum absolute atomic E-state index is 0.503. The van der Waals surface area contributed by atoms with Crippen LogP contribution in [0.5, 0.6) is 0 Å². The number of hydrogen-bond donors (Lipinski definition) is 1. The Balaban J connectivity index is 3.17. The largest absolute Gasteiger partial charge is 0.385 e. The van der Waals surface area contributed by atoms with E-state index >= 15 is 0 Å². The molecule has 0 aliphatic rings. The second-order valence-electron chi connectivity index (χ2n) is 4.07. The van der Waals surface area contributed by atoms with E-state index in [1.54, 1.807) is 18.2 Å². The van der Waals surface area contributed by atoms with E-state index in [2.05, 4.69) is 0 Å². The second-order valence-corrected chi connectivity index (χ2v) is 7.48. The monoisotopic (exact) mass is 262 g/mol. The average Bonchev–Trinajstić information content (AvgIpc) is 2.14. The van der Waals surface area contributed by atoms with E-state index < -0.39 is 20.1 Å². The minimum atomic E-state index is -3.55. The van der Waals surface area contributed by atoms with Crippen molar-refractivity contribution in [2.24, 2.45) is 0 Å². The smallest absolute Gasteiger partial charge is 0.172 e. The van der Waals surface area contributed by atoms with E-state index in [4.69, 9.17) is 11.6 Å². The molecule has 0 unspecified atom stereocenters. The van der Waals surface area contributed by atoms with Crippen LogP contribution >= 0.6 is 11.6 Å². The van der Waals surface area contributed by atoms with Gasteiger partial charge in [0.1, 0.15) is 6.10 Å². The van der Waals surface area contributed by atoms with Crippen LogP contribution < -0.4 is 0 Å². The quantitative estimate of drug-likeness (QED) is 0.848. The first kappa shape index (κ1) is 13.5. The van der Waals surface area contributed by atoms with Crippen molar-refractivity contribution >= 4 is 21.4 Å². The Morgan fingerprint density at radius 1 is 1.44 bits per heavy atom. The van der Waals surface area contributed by atoms with Crippen LogP contribution in [0.2, 0.25) is 0 Å². The molecule has 0 radical (unpaired) electrons. The third kappa shape index (κ3) is 2.56. The normalized spacial score (nSPS) is 17.8. The van der Waals surface area contributed by atoms with Gasteiger partial charge in [0, 0.05) is 6.26 Å². The molecule has 2 atom stereocenters. The van der Waals surface area contributed by atoms with Crippen LogP contribution in [0, 0.1) is 6.92 Å². The highest BCUT2D eigenvalue weighted by Gasteiger charge is 2.41. The summed E-state index contributed by atoms with van der Waals surface area (Å²) in [5, 5.41) is 10.00. The standard InChI is InChI=1S/C11H15ClO3S/c1-8-5-4-6-9(7-8)10(13)11(2,12)16(3,14)15/h4-7,10,13H,1-3H3/t10-,11-/m0/s1. The fourth-order valence-electron chi connectivity index (χ4n) is 1.34. The molecule has 0 heterocycles. The van der Waals surface area contributed by atoms with Crippen LogP contribution in [-0.4, -0.2) is 24.0 Å². The molecule has 0 bridgehead atoms. The van der Waals surface area contributed by atoms with E-state index in [0.29, 0.717) is 5.56 Å².